The lowest BCUT2D eigenvalue weighted by Crippen LogP contribution is -2.02. The van der Waals surface area contributed by atoms with Crippen molar-refractivity contribution in [1.29, 1.82) is 0 Å². The van der Waals surface area contributed by atoms with Crippen molar-refractivity contribution in [2.24, 2.45) is 0 Å². The molecule has 5 heteroatoms. The second kappa shape index (κ2) is 5.52. The number of carbonyl (C=O) groups excluding carboxylic acids is 1. The van der Waals surface area contributed by atoms with Crippen molar-refractivity contribution in [2.75, 3.05) is 6.61 Å². The van der Waals surface area contributed by atoms with E-state index < -0.39 is 0 Å². The fourth-order valence-corrected chi connectivity index (χ4v) is 1.90. The van der Waals surface area contributed by atoms with Gasteiger partial charge in [0.15, 0.2) is 17.8 Å². The molecule has 0 unspecified atom stereocenters. The van der Waals surface area contributed by atoms with Crippen molar-refractivity contribution in [2.45, 2.75) is 6.42 Å². The second-order valence-corrected chi connectivity index (χ2v) is 4.32. The Morgan fingerprint density at radius 3 is 2.80 bits per heavy atom. The van der Waals surface area contributed by atoms with E-state index >= 15 is 0 Å². The Kier molecular flexibility index (Phi) is 3.41. The van der Waals surface area contributed by atoms with Gasteiger partial charge in [-0.1, -0.05) is 18.2 Å². The molecule has 5 nitrogen and oxygen atoms in total. The molecule has 0 aliphatic carbocycles. The van der Waals surface area contributed by atoms with Crippen molar-refractivity contribution in [3.05, 3.63) is 60.0 Å². The average Bonchev–Trinajstić information content (AvgIpc) is 2.90. The first-order valence-corrected chi connectivity index (χ1v) is 6.33. The van der Waals surface area contributed by atoms with E-state index in [0.29, 0.717) is 24.4 Å². The molecule has 3 aromatic rings. The van der Waals surface area contributed by atoms with Gasteiger partial charge in [0.1, 0.15) is 5.75 Å². The highest BCUT2D eigenvalue weighted by molar-refractivity contribution is 5.74. The predicted octanol–water partition coefficient (Wildman–Crippen LogP) is 2.16. The number of ether oxygens (including phenoxy) is 1. The number of benzene rings is 1. The SMILES string of the molecule is O=Cc1ccc2nc(CCOc3ccccc3)nn2c1. The molecule has 0 saturated heterocycles. The fraction of sp³-hybridized carbons (Fsp3) is 0.133. The molecule has 1 aromatic carbocycles. The molecule has 0 fully saturated rings. The Bertz CT molecular complexity index is 722. The zero-order valence-corrected chi connectivity index (χ0v) is 10.8. The molecule has 3 rings (SSSR count). The van der Waals surface area contributed by atoms with Crippen LogP contribution in [-0.4, -0.2) is 27.5 Å². The van der Waals surface area contributed by atoms with Gasteiger partial charge in [0.25, 0.3) is 0 Å². The maximum Gasteiger partial charge on any atom is 0.155 e. The van der Waals surface area contributed by atoms with Gasteiger partial charge in [0.2, 0.25) is 0 Å². The third-order valence-corrected chi connectivity index (χ3v) is 2.87. The summed E-state index contributed by atoms with van der Waals surface area (Å²) in [4.78, 5) is 15.1. The van der Waals surface area contributed by atoms with Crippen LogP contribution in [0.5, 0.6) is 5.75 Å². The maximum absolute atomic E-state index is 10.7. The van der Waals surface area contributed by atoms with Crippen LogP contribution in [0.1, 0.15) is 16.2 Å². The zero-order valence-electron chi connectivity index (χ0n) is 10.8. The Hall–Kier alpha value is -2.69. The molecule has 0 bridgehead atoms. The number of aldehydes is 1. The minimum absolute atomic E-state index is 0.515. The zero-order chi connectivity index (χ0) is 13.8. The number of nitrogens with zero attached hydrogens (tertiary/aromatic N) is 3. The number of para-hydroxylation sites is 1. The van der Waals surface area contributed by atoms with Crippen LogP contribution >= 0.6 is 0 Å². The molecular formula is C15H13N3O2. The van der Waals surface area contributed by atoms with Crippen LogP contribution in [0, 0.1) is 0 Å². The number of hydrogen-bond donors (Lipinski definition) is 0. The molecule has 0 radical (unpaired) electrons. The van der Waals surface area contributed by atoms with E-state index in [1.54, 1.807) is 22.8 Å². The van der Waals surface area contributed by atoms with Gasteiger partial charge in [0, 0.05) is 18.2 Å². The summed E-state index contributed by atoms with van der Waals surface area (Å²) in [6, 6.07) is 13.1. The molecule has 0 aliphatic heterocycles. The van der Waals surface area contributed by atoms with E-state index in [2.05, 4.69) is 10.1 Å². The molecule has 20 heavy (non-hydrogen) atoms. The van der Waals surface area contributed by atoms with Gasteiger partial charge >= 0.3 is 0 Å². The molecule has 2 aromatic heterocycles. The highest BCUT2D eigenvalue weighted by Crippen LogP contribution is 2.09. The first-order valence-electron chi connectivity index (χ1n) is 6.33. The average molecular weight is 267 g/mol. The lowest BCUT2D eigenvalue weighted by atomic mass is 10.3. The number of pyridine rings is 1. The third kappa shape index (κ3) is 2.66. The minimum Gasteiger partial charge on any atom is -0.493 e. The summed E-state index contributed by atoms with van der Waals surface area (Å²) >= 11 is 0. The maximum atomic E-state index is 10.7. The van der Waals surface area contributed by atoms with E-state index in [1.165, 1.54) is 0 Å². The summed E-state index contributed by atoms with van der Waals surface area (Å²) in [5.74, 6) is 1.53. The monoisotopic (exact) mass is 267 g/mol. The number of hydrogen-bond acceptors (Lipinski definition) is 4. The highest BCUT2D eigenvalue weighted by atomic mass is 16.5. The number of fused-ring (bicyclic) bond motifs is 1. The van der Waals surface area contributed by atoms with Crippen molar-refractivity contribution in [1.82, 2.24) is 14.6 Å². The summed E-state index contributed by atoms with van der Waals surface area (Å²) in [7, 11) is 0. The van der Waals surface area contributed by atoms with Gasteiger partial charge in [-0.25, -0.2) is 9.50 Å². The predicted molar refractivity (Wildman–Crippen MR) is 74.0 cm³/mol. The van der Waals surface area contributed by atoms with Crippen LogP contribution in [0.25, 0.3) is 5.65 Å². The molecule has 0 aliphatic rings. The van der Waals surface area contributed by atoms with E-state index in [0.717, 1.165) is 17.7 Å². The van der Waals surface area contributed by atoms with E-state index in [4.69, 9.17) is 4.74 Å². The quantitative estimate of drug-likeness (QED) is 0.665. The number of rotatable bonds is 5. The minimum atomic E-state index is 0.515. The summed E-state index contributed by atoms with van der Waals surface area (Å²) in [5.41, 5.74) is 1.31. The Balaban J connectivity index is 1.67. The van der Waals surface area contributed by atoms with Crippen molar-refractivity contribution in [3.63, 3.8) is 0 Å². The van der Waals surface area contributed by atoms with Crippen LogP contribution < -0.4 is 4.74 Å². The summed E-state index contributed by atoms with van der Waals surface area (Å²) in [6.45, 7) is 0.515. The molecule has 0 amide bonds. The smallest absolute Gasteiger partial charge is 0.155 e. The third-order valence-electron chi connectivity index (χ3n) is 2.87. The van der Waals surface area contributed by atoms with E-state index in [1.807, 2.05) is 30.3 Å². The topological polar surface area (TPSA) is 56.5 Å². The number of carbonyl (C=O) groups is 1. The second-order valence-electron chi connectivity index (χ2n) is 4.32. The first-order chi connectivity index (χ1) is 9.85. The standard InChI is InChI=1S/C15H13N3O2/c19-11-12-6-7-15-16-14(17-18(15)10-12)8-9-20-13-4-2-1-3-5-13/h1-7,10-11H,8-9H2. The molecule has 0 N–H and O–H groups in total. The van der Waals surface area contributed by atoms with Crippen molar-refractivity contribution < 1.29 is 9.53 Å². The molecule has 0 spiro atoms. The van der Waals surface area contributed by atoms with Crippen molar-refractivity contribution >= 4 is 11.9 Å². The molecule has 0 atom stereocenters. The van der Waals surface area contributed by atoms with Crippen LogP contribution in [0.2, 0.25) is 0 Å². The lowest BCUT2D eigenvalue weighted by molar-refractivity contribution is 0.112. The van der Waals surface area contributed by atoms with Crippen molar-refractivity contribution in [3.8, 4) is 5.75 Å². The lowest BCUT2D eigenvalue weighted by Gasteiger charge is -2.03. The van der Waals surface area contributed by atoms with Gasteiger partial charge < -0.3 is 4.74 Å². The Morgan fingerprint density at radius 1 is 1.15 bits per heavy atom. The van der Waals surface area contributed by atoms with E-state index in [-0.39, 0.29) is 0 Å². The molecule has 0 saturated carbocycles. The largest absolute Gasteiger partial charge is 0.493 e. The molecule has 2 heterocycles. The Labute approximate surface area is 115 Å². The summed E-state index contributed by atoms with van der Waals surface area (Å²) in [6.07, 6.45) is 3.07. The summed E-state index contributed by atoms with van der Waals surface area (Å²) < 4.78 is 7.22. The normalized spacial score (nSPS) is 10.6. The summed E-state index contributed by atoms with van der Waals surface area (Å²) in [5, 5.41) is 4.32. The Morgan fingerprint density at radius 2 is 2.00 bits per heavy atom. The van der Waals surface area contributed by atoms with Crippen LogP contribution in [0.15, 0.2) is 48.7 Å². The number of aromatic nitrogens is 3. The highest BCUT2D eigenvalue weighted by Gasteiger charge is 2.04. The van der Waals surface area contributed by atoms with E-state index in [9.17, 15) is 4.79 Å². The fourth-order valence-electron chi connectivity index (χ4n) is 1.90. The van der Waals surface area contributed by atoms with Crippen LogP contribution in [-0.2, 0) is 6.42 Å². The van der Waals surface area contributed by atoms with Gasteiger partial charge in [-0.05, 0) is 24.3 Å². The van der Waals surface area contributed by atoms with Gasteiger partial charge in [-0.3, -0.25) is 4.79 Å². The van der Waals surface area contributed by atoms with Gasteiger partial charge in [0.05, 0.1) is 6.61 Å². The van der Waals surface area contributed by atoms with Crippen LogP contribution in [0.4, 0.5) is 0 Å². The molecule has 100 valence electrons. The molecular weight excluding hydrogens is 254 g/mol. The van der Waals surface area contributed by atoms with Gasteiger partial charge in [-0.15, -0.1) is 0 Å². The van der Waals surface area contributed by atoms with Gasteiger partial charge in [-0.2, -0.15) is 5.10 Å². The van der Waals surface area contributed by atoms with Crippen LogP contribution in [0.3, 0.4) is 0 Å². The first kappa shape index (κ1) is 12.3.